The third kappa shape index (κ3) is 52.4. The predicted octanol–water partition coefficient (Wildman–Crippen LogP) is 16.2. The van der Waals surface area contributed by atoms with Gasteiger partial charge in [-0.25, -0.2) is 4.79 Å². The van der Waals surface area contributed by atoms with Crippen LogP contribution in [0.15, 0.2) is 72.9 Å². The maximum Gasteiger partial charge on any atom is 0.361 e. The van der Waals surface area contributed by atoms with Gasteiger partial charge in [-0.15, -0.1) is 0 Å². The zero-order valence-corrected chi connectivity index (χ0v) is 45.2. The Hall–Kier alpha value is -3.27. The molecule has 0 radical (unpaired) electrons. The summed E-state index contributed by atoms with van der Waals surface area (Å²) in [4.78, 5) is 36.9. The molecule has 0 fully saturated rings. The third-order valence-corrected chi connectivity index (χ3v) is 12.0. The van der Waals surface area contributed by atoms with E-state index < -0.39 is 24.3 Å². The van der Waals surface area contributed by atoms with E-state index in [1.165, 1.54) is 116 Å². The SMILES string of the molecule is CC/C=C\C/C=C\C/C=C\C/C=C\C/C=C\C/C=C\CCCCCCCCCCCCCCCCCCCCCCC(=O)OC(COC(=O)CCCCCCC)COC(OCC[N+](C)(C)C)C(=O)O. The van der Waals surface area contributed by atoms with Crippen LogP contribution in [-0.4, -0.2) is 87.4 Å². The molecule has 2 atom stereocenters. The van der Waals surface area contributed by atoms with Crippen LogP contribution in [0.25, 0.3) is 0 Å². The van der Waals surface area contributed by atoms with Gasteiger partial charge in [-0.05, 0) is 64.2 Å². The van der Waals surface area contributed by atoms with E-state index in [0.717, 1.165) is 89.9 Å². The van der Waals surface area contributed by atoms with Crippen molar-refractivity contribution in [1.82, 2.24) is 0 Å². The standard InChI is InChI=1S/C60H105NO8/c1-6-8-10-12-13-14-15-16-17-18-19-20-21-22-23-24-25-26-27-28-29-30-31-32-33-34-35-36-37-38-39-40-41-42-43-44-45-47-49-51-58(63)69-56(54-67-57(62)50-48-46-11-9-7-2)55-68-60(59(64)65)66-53-52-61(3,4)5/h8,10,13-14,16-17,19-20,22-23,25-26,56,60H,6-7,9,11-12,15,18,21,24,27-55H2,1-5H3/p+1/b10-8-,14-13-,17-16-,20-19-,23-22-,26-25-. The van der Waals surface area contributed by atoms with Gasteiger partial charge in [0.25, 0.3) is 6.29 Å². The number of carbonyl (C=O) groups excluding carboxylic acids is 2. The molecule has 1 N–H and O–H groups in total. The summed E-state index contributed by atoms with van der Waals surface area (Å²) in [5, 5.41) is 9.61. The number of ether oxygens (including phenoxy) is 4. The molecule has 0 saturated carbocycles. The summed E-state index contributed by atoms with van der Waals surface area (Å²) in [5.41, 5.74) is 0. The van der Waals surface area contributed by atoms with E-state index in [2.05, 4.69) is 86.8 Å². The van der Waals surface area contributed by atoms with Gasteiger partial charge in [0, 0.05) is 12.8 Å². The van der Waals surface area contributed by atoms with Crippen molar-refractivity contribution in [1.29, 1.82) is 0 Å². The Morgan fingerprint density at radius 1 is 0.449 bits per heavy atom. The van der Waals surface area contributed by atoms with Crippen LogP contribution in [0.2, 0.25) is 0 Å². The number of allylic oxidation sites excluding steroid dienone is 12. The Morgan fingerprint density at radius 2 is 0.826 bits per heavy atom. The smallest absolute Gasteiger partial charge is 0.361 e. The molecule has 0 aliphatic heterocycles. The van der Waals surface area contributed by atoms with Crippen molar-refractivity contribution in [2.24, 2.45) is 0 Å². The van der Waals surface area contributed by atoms with Crippen LogP contribution in [0.4, 0.5) is 0 Å². The van der Waals surface area contributed by atoms with E-state index in [0.29, 0.717) is 17.4 Å². The number of hydrogen-bond donors (Lipinski definition) is 1. The number of carboxylic acids is 1. The average molecular weight is 970 g/mol. The predicted molar refractivity (Wildman–Crippen MR) is 290 cm³/mol. The fraction of sp³-hybridized carbons (Fsp3) is 0.750. The third-order valence-electron chi connectivity index (χ3n) is 12.0. The monoisotopic (exact) mass is 969 g/mol. The molecule has 0 aliphatic rings. The number of hydrogen-bond acceptors (Lipinski definition) is 7. The first-order valence-electron chi connectivity index (χ1n) is 28.1. The minimum absolute atomic E-state index is 0.181. The lowest BCUT2D eigenvalue weighted by molar-refractivity contribution is -0.870. The van der Waals surface area contributed by atoms with E-state index in [1.807, 2.05) is 21.1 Å². The number of rotatable bonds is 51. The summed E-state index contributed by atoms with van der Waals surface area (Å²) in [5.74, 6) is -2.02. The molecule has 9 nitrogen and oxygen atoms in total. The Balaban J connectivity index is 3.84. The van der Waals surface area contributed by atoms with E-state index in [4.69, 9.17) is 18.9 Å². The zero-order chi connectivity index (χ0) is 50.6. The molecule has 0 aromatic rings. The van der Waals surface area contributed by atoms with Gasteiger partial charge in [0.15, 0.2) is 6.10 Å². The average Bonchev–Trinajstić information content (AvgIpc) is 3.31. The van der Waals surface area contributed by atoms with Gasteiger partial charge in [-0.3, -0.25) is 9.59 Å². The zero-order valence-electron chi connectivity index (χ0n) is 45.2. The van der Waals surface area contributed by atoms with Crippen LogP contribution in [0.1, 0.15) is 232 Å². The first-order valence-corrected chi connectivity index (χ1v) is 28.1. The summed E-state index contributed by atoms with van der Waals surface area (Å²) < 4.78 is 22.6. The minimum atomic E-state index is -1.51. The van der Waals surface area contributed by atoms with Gasteiger partial charge in [0.05, 0.1) is 34.4 Å². The highest BCUT2D eigenvalue weighted by Gasteiger charge is 2.25. The van der Waals surface area contributed by atoms with Crippen LogP contribution >= 0.6 is 0 Å². The van der Waals surface area contributed by atoms with E-state index >= 15 is 0 Å². The van der Waals surface area contributed by atoms with Gasteiger partial charge < -0.3 is 28.5 Å². The van der Waals surface area contributed by atoms with Gasteiger partial charge in [0.2, 0.25) is 0 Å². The molecule has 0 heterocycles. The number of nitrogens with zero attached hydrogens (tertiary/aromatic N) is 1. The molecule has 398 valence electrons. The number of carbonyl (C=O) groups is 3. The molecule has 0 spiro atoms. The van der Waals surface area contributed by atoms with Crippen LogP contribution in [0.3, 0.4) is 0 Å². The van der Waals surface area contributed by atoms with Crippen molar-refractivity contribution in [2.75, 3.05) is 47.5 Å². The van der Waals surface area contributed by atoms with Gasteiger partial charge in [-0.1, -0.05) is 228 Å². The molecule has 69 heavy (non-hydrogen) atoms. The maximum atomic E-state index is 12.7. The topological polar surface area (TPSA) is 108 Å². The molecule has 0 amide bonds. The largest absolute Gasteiger partial charge is 0.477 e. The summed E-state index contributed by atoms with van der Waals surface area (Å²) >= 11 is 0. The number of carboxylic acid groups (broad SMARTS) is 1. The van der Waals surface area contributed by atoms with Crippen molar-refractivity contribution in [3.05, 3.63) is 72.9 Å². The van der Waals surface area contributed by atoms with Crippen molar-refractivity contribution in [3.8, 4) is 0 Å². The number of quaternary nitrogens is 1. The molecule has 2 unspecified atom stereocenters. The van der Waals surface area contributed by atoms with Crippen molar-refractivity contribution in [3.63, 3.8) is 0 Å². The lowest BCUT2D eigenvalue weighted by Crippen LogP contribution is -2.40. The second-order valence-electron chi connectivity index (χ2n) is 19.9. The summed E-state index contributed by atoms with van der Waals surface area (Å²) in [6, 6.07) is 0. The molecule has 0 aliphatic carbocycles. The summed E-state index contributed by atoms with van der Waals surface area (Å²) in [6.07, 6.45) is 63.5. The molecule has 0 saturated heterocycles. The molecular weight excluding hydrogens is 863 g/mol. The van der Waals surface area contributed by atoms with Crippen LogP contribution in [0.5, 0.6) is 0 Å². The van der Waals surface area contributed by atoms with E-state index in [1.54, 1.807) is 0 Å². The lowest BCUT2D eigenvalue weighted by atomic mass is 10.0. The number of esters is 2. The molecular formula is C60H106NO8+. The Kier molecular flexibility index (Phi) is 48.7. The number of unbranched alkanes of at least 4 members (excludes halogenated alkanes) is 24. The second-order valence-corrected chi connectivity index (χ2v) is 19.9. The molecule has 0 bridgehead atoms. The molecule has 0 aromatic heterocycles. The van der Waals surface area contributed by atoms with Crippen molar-refractivity contribution in [2.45, 2.75) is 245 Å². The first kappa shape index (κ1) is 65.7. The van der Waals surface area contributed by atoms with Crippen LogP contribution in [-0.2, 0) is 33.3 Å². The molecule has 9 heteroatoms. The highest BCUT2D eigenvalue weighted by molar-refractivity contribution is 5.71. The molecule has 0 aromatic carbocycles. The summed E-state index contributed by atoms with van der Waals surface area (Å²) in [7, 11) is 5.95. The van der Waals surface area contributed by atoms with Gasteiger partial charge >= 0.3 is 17.9 Å². The van der Waals surface area contributed by atoms with E-state index in [-0.39, 0.29) is 32.2 Å². The Labute approximate surface area is 424 Å². The van der Waals surface area contributed by atoms with Crippen LogP contribution < -0.4 is 0 Å². The lowest BCUT2D eigenvalue weighted by Gasteiger charge is -2.25. The van der Waals surface area contributed by atoms with E-state index in [9.17, 15) is 19.5 Å². The first-order chi connectivity index (χ1) is 33.6. The fourth-order valence-electron chi connectivity index (χ4n) is 7.66. The highest BCUT2D eigenvalue weighted by atomic mass is 16.7. The quantitative estimate of drug-likeness (QED) is 0.0211. The van der Waals surface area contributed by atoms with Crippen molar-refractivity contribution < 1.29 is 42.9 Å². The normalized spacial score (nSPS) is 13.3. The molecule has 0 rings (SSSR count). The fourth-order valence-corrected chi connectivity index (χ4v) is 7.66. The van der Waals surface area contributed by atoms with Crippen molar-refractivity contribution >= 4 is 17.9 Å². The van der Waals surface area contributed by atoms with Gasteiger partial charge in [0.1, 0.15) is 13.2 Å². The Bertz CT molecular complexity index is 1360. The Morgan fingerprint density at radius 3 is 1.23 bits per heavy atom. The summed E-state index contributed by atoms with van der Waals surface area (Å²) in [6.45, 7) is 4.67. The van der Waals surface area contributed by atoms with Crippen LogP contribution in [0, 0.1) is 0 Å². The van der Waals surface area contributed by atoms with Gasteiger partial charge in [-0.2, -0.15) is 0 Å². The second kappa shape index (κ2) is 51.1. The minimum Gasteiger partial charge on any atom is -0.477 e. The number of likely N-dealkylation sites (N-methyl/N-ethyl adjacent to an activating group) is 1. The number of aliphatic carboxylic acids is 1. The highest BCUT2D eigenvalue weighted by Crippen LogP contribution is 2.16. The maximum absolute atomic E-state index is 12.7.